The van der Waals surface area contributed by atoms with Crippen molar-refractivity contribution in [3.8, 4) is 0 Å². The van der Waals surface area contributed by atoms with Gasteiger partial charge in [0.05, 0.1) is 17.4 Å². The Labute approximate surface area is 136 Å². The van der Waals surface area contributed by atoms with E-state index in [9.17, 15) is 18.3 Å². The number of primary sulfonamides is 1. The first-order valence-electron chi connectivity index (χ1n) is 7.55. The molecule has 0 radical (unpaired) electrons. The summed E-state index contributed by atoms with van der Waals surface area (Å²) >= 11 is 0. The molecular formula is C15H23N3O4S. The fourth-order valence-electron chi connectivity index (χ4n) is 2.64. The van der Waals surface area contributed by atoms with Crippen LogP contribution in [-0.4, -0.2) is 68.1 Å². The van der Waals surface area contributed by atoms with E-state index in [1.54, 1.807) is 24.0 Å². The fourth-order valence-corrected chi connectivity index (χ4v) is 3.15. The van der Waals surface area contributed by atoms with Crippen molar-refractivity contribution in [1.82, 2.24) is 9.80 Å². The highest BCUT2D eigenvalue weighted by atomic mass is 32.2. The van der Waals surface area contributed by atoms with Crippen molar-refractivity contribution < 1.29 is 18.3 Å². The Morgan fingerprint density at radius 2 is 1.78 bits per heavy atom. The molecule has 0 saturated carbocycles. The molecule has 1 amide bonds. The minimum atomic E-state index is -3.71. The zero-order valence-electron chi connectivity index (χ0n) is 13.2. The summed E-state index contributed by atoms with van der Waals surface area (Å²) in [6.45, 7) is 5.16. The maximum Gasteiger partial charge on any atom is 0.238 e. The van der Waals surface area contributed by atoms with E-state index in [2.05, 4.69) is 4.90 Å². The van der Waals surface area contributed by atoms with E-state index in [1.165, 1.54) is 12.1 Å². The molecule has 1 aliphatic rings. The molecule has 128 valence electrons. The van der Waals surface area contributed by atoms with Crippen LogP contribution >= 0.6 is 0 Å². The summed E-state index contributed by atoms with van der Waals surface area (Å²) in [5.74, 6) is 0.0186. The second kappa shape index (κ2) is 7.39. The van der Waals surface area contributed by atoms with E-state index < -0.39 is 10.0 Å². The third kappa shape index (κ3) is 5.28. The second-order valence-corrected chi connectivity index (χ2v) is 7.46. The number of piperazine rings is 1. The molecule has 1 heterocycles. The average molecular weight is 341 g/mol. The van der Waals surface area contributed by atoms with Crippen molar-refractivity contribution in [2.24, 2.45) is 5.14 Å². The highest BCUT2D eigenvalue weighted by Crippen LogP contribution is 2.11. The van der Waals surface area contributed by atoms with Gasteiger partial charge >= 0.3 is 0 Å². The number of nitrogens with two attached hydrogens (primary N) is 1. The summed E-state index contributed by atoms with van der Waals surface area (Å²) in [6, 6.07) is 6.06. The number of carbonyl (C=O) groups is 1. The van der Waals surface area contributed by atoms with Gasteiger partial charge in [0, 0.05) is 32.7 Å². The Hall–Kier alpha value is -1.48. The third-order valence-electron chi connectivity index (χ3n) is 3.85. The van der Waals surface area contributed by atoms with E-state index >= 15 is 0 Å². The number of amides is 1. The van der Waals surface area contributed by atoms with Crippen LogP contribution in [-0.2, 0) is 21.2 Å². The van der Waals surface area contributed by atoms with Gasteiger partial charge in [0.25, 0.3) is 0 Å². The summed E-state index contributed by atoms with van der Waals surface area (Å²) in [4.78, 5) is 16.3. The Bertz CT molecular complexity index is 635. The predicted octanol–water partition coefficient (Wildman–Crippen LogP) is -0.598. The molecule has 1 fully saturated rings. The number of aliphatic hydroxyl groups excluding tert-OH is 1. The van der Waals surface area contributed by atoms with Crippen LogP contribution in [0.25, 0.3) is 0 Å². The molecule has 1 aromatic carbocycles. The molecule has 23 heavy (non-hydrogen) atoms. The van der Waals surface area contributed by atoms with Crippen LogP contribution in [0.4, 0.5) is 0 Å². The number of aliphatic hydroxyl groups is 1. The number of sulfonamides is 1. The van der Waals surface area contributed by atoms with E-state index in [1.807, 2.05) is 0 Å². The topological polar surface area (TPSA) is 104 Å². The SMILES string of the molecule is C[C@@H](O)CN1CCN(C(=O)Cc2ccc(S(N)(=O)=O)cc2)CC1. The van der Waals surface area contributed by atoms with Crippen molar-refractivity contribution in [1.29, 1.82) is 0 Å². The van der Waals surface area contributed by atoms with Crippen molar-refractivity contribution in [3.63, 3.8) is 0 Å². The zero-order chi connectivity index (χ0) is 17.0. The predicted molar refractivity (Wildman–Crippen MR) is 86.2 cm³/mol. The molecule has 7 nitrogen and oxygen atoms in total. The van der Waals surface area contributed by atoms with Crippen LogP contribution in [0.5, 0.6) is 0 Å². The number of hydrogen-bond donors (Lipinski definition) is 2. The Balaban J connectivity index is 1.88. The van der Waals surface area contributed by atoms with Crippen molar-refractivity contribution in [2.75, 3.05) is 32.7 Å². The van der Waals surface area contributed by atoms with Crippen LogP contribution in [0.2, 0.25) is 0 Å². The minimum Gasteiger partial charge on any atom is -0.392 e. The normalized spacial score (nSPS) is 18.0. The lowest BCUT2D eigenvalue weighted by molar-refractivity contribution is -0.132. The van der Waals surface area contributed by atoms with Gasteiger partial charge in [0.15, 0.2) is 0 Å². The van der Waals surface area contributed by atoms with Gasteiger partial charge in [0.2, 0.25) is 15.9 Å². The summed E-state index contributed by atoms with van der Waals surface area (Å²) in [6.07, 6.45) is -0.129. The summed E-state index contributed by atoms with van der Waals surface area (Å²) in [5.41, 5.74) is 0.758. The third-order valence-corrected chi connectivity index (χ3v) is 4.78. The van der Waals surface area contributed by atoms with E-state index in [0.717, 1.165) is 18.7 Å². The lowest BCUT2D eigenvalue weighted by Crippen LogP contribution is -2.50. The number of rotatable bonds is 5. The van der Waals surface area contributed by atoms with Crippen LogP contribution in [0, 0.1) is 0 Å². The first kappa shape index (κ1) is 17.9. The monoisotopic (exact) mass is 341 g/mol. The van der Waals surface area contributed by atoms with Crippen LogP contribution in [0.1, 0.15) is 12.5 Å². The number of β-amino-alcohol motifs (C(OH)–C–C–N with tert-alkyl or cyclic N) is 1. The van der Waals surface area contributed by atoms with Gasteiger partial charge in [-0.25, -0.2) is 13.6 Å². The van der Waals surface area contributed by atoms with Gasteiger partial charge in [-0.15, -0.1) is 0 Å². The smallest absolute Gasteiger partial charge is 0.238 e. The van der Waals surface area contributed by atoms with Crippen LogP contribution < -0.4 is 5.14 Å². The van der Waals surface area contributed by atoms with Crippen molar-refractivity contribution in [2.45, 2.75) is 24.3 Å². The molecule has 8 heteroatoms. The molecule has 0 aliphatic carbocycles. The first-order valence-corrected chi connectivity index (χ1v) is 9.10. The molecule has 3 N–H and O–H groups in total. The van der Waals surface area contributed by atoms with Gasteiger partial charge in [0.1, 0.15) is 0 Å². The molecule has 1 aliphatic heterocycles. The molecule has 1 atom stereocenters. The lowest BCUT2D eigenvalue weighted by atomic mass is 10.1. The Morgan fingerprint density at radius 1 is 1.22 bits per heavy atom. The molecule has 0 spiro atoms. The highest BCUT2D eigenvalue weighted by molar-refractivity contribution is 7.89. The fraction of sp³-hybridized carbons (Fsp3) is 0.533. The standard InChI is InChI=1S/C15H23N3O4S/c1-12(19)11-17-6-8-18(9-7-17)15(20)10-13-2-4-14(5-3-13)23(16,21)22/h2-5,12,19H,6-11H2,1H3,(H2,16,21,22)/t12-/m1/s1. The Kier molecular flexibility index (Phi) is 5.74. The summed E-state index contributed by atoms with van der Waals surface area (Å²) in [7, 11) is -3.71. The minimum absolute atomic E-state index is 0.0186. The van der Waals surface area contributed by atoms with E-state index in [4.69, 9.17) is 5.14 Å². The van der Waals surface area contributed by atoms with Gasteiger partial charge in [-0.2, -0.15) is 0 Å². The Morgan fingerprint density at radius 3 is 2.26 bits per heavy atom. The van der Waals surface area contributed by atoms with Crippen molar-refractivity contribution >= 4 is 15.9 Å². The maximum atomic E-state index is 12.3. The maximum absolute atomic E-state index is 12.3. The first-order chi connectivity index (χ1) is 10.8. The van der Waals surface area contributed by atoms with Crippen LogP contribution in [0.3, 0.4) is 0 Å². The van der Waals surface area contributed by atoms with Gasteiger partial charge in [-0.1, -0.05) is 12.1 Å². The lowest BCUT2D eigenvalue weighted by Gasteiger charge is -2.35. The zero-order valence-corrected chi connectivity index (χ0v) is 14.0. The number of benzene rings is 1. The van der Waals surface area contributed by atoms with Crippen molar-refractivity contribution in [3.05, 3.63) is 29.8 Å². The summed E-state index contributed by atoms with van der Waals surface area (Å²) < 4.78 is 22.4. The van der Waals surface area contributed by atoms with Gasteiger partial charge in [-0.3, -0.25) is 9.69 Å². The molecule has 2 rings (SSSR count). The quantitative estimate of drug-likeness (QED) is 0.744. The molecule has 0 unspecified atom stereocenters. The van der Waals surface area contributed by atoms with Gasteiger partial charge < -0.3 is 10.0 Å². The largest absolute Gasteiger partial charge is 0.392 e. The average Bonchev–Trinajstić information content (AvgIpc) is 2.47. The van der Waals surface area contributed by atoms with E-state index in [-0.39, 0.29) is 23.3 Å². The summed E-state index contributed by atoms with van der Waals surface area (Å²) in [5, 5.41) is 14.4. The number of nitrogens with zero attached hydrogens (tertiary/aromatic N) is 2. The number of hydrogen-bond acceptors (Lipinski definition) is 5. The molecule has 0 aromatic heterocycles. The van der Waals surface area contributed by atoms with E-state index in [0.29, 0.717) is 19.6 Å². The second-order valence-electron chi connectivity index (χ2n) is 5.90. The van der Waals surface area contributed by atoms with Crippen LogP contribution in [0.15, 0.2) is 29.2 Å². The molecule has 0 bridgehead atoms. The molecule has 1 aromatic rings. The van der Waals surface area contributed by atoms with Gasteiger partial charge in [-0.05, 0) is 24.6 Å². The highest BCUT2D eigenvalue weighted by Gasteiger charge is 2.21. The molecule has 1 saturated heterocycles. The molecular weight excluding hydrogens is 318 g/mol. The number of carbonyl (C=O) groups excluding carboxylic acids is 1.